The summed E-state index contributed by atoms with van der Waals surface area (Å²) in [5.41, 5.74) is 3.83. The first kappa shape index (κ1) is 22.7. The van der Waals surface area contributed by atoms with Crippen molar-refractivity contribution in [1.29, 1.82) is 0 Å². The van der Waals surface area contributed by atoms with Gasteiger partial charge in [-0.25, -0.2) is 4.68 Å². The van der Waals surface area contributed by atoms with Gasteiger partial charge >= 0.3 is 0 Å². The molecule has 1 N–H and O–H groups in total. The van der Waals surface area contributed by atoms with Crippen LogP contribution in [0.4, 0.5) is 5.69 Å². The number of ether oxygens (including phenoxy) is 1. The van der Waals surface area contributed by atoms with E-state index in [1.54, 1.807) is 19.2 Å². The Balaban J connectivity index is 1.75. The van der Waals surface area contributed by atoms with Crippen molar-refractivity contribution in [3.63, 3.8) is 0 Å². The van der Waals surface area contributed by atoms with Crippen molar-refractivity contribution in [2.45, 2.75) is 13.3 Å². The van der Waals surface area contributed by atoms with Crippen LogP contribution in [-0.2, 0) is 6.42 Å². The van der Waals surface area contributed by atoms with Crippen LogP contribution in [0.15, 0.2) is 88.6 Å². The highest BCUT2D eigenvalue weighted by Crippen LogP contribution is 2.24. The lowest BCUT2D eigenvalue weighted by Crippen LogP contribution is -2.20. The second kappa shape index (κ2) is 9.99. The standard InChI is InChI=1S/C26H24N4O4/c1-18(27-17-16-19-6-4-3-5-7-19)24-25(20-8-14-23(34-2)15-9-20)28-29(26(24)31)21-10-12-22(13-11-21)30(32)33/h3-15,28H,16-17H2,1-2H3. The average molecular weight is 457 g/mol. The third-order valence-electron chi connectivity index (χ3n) is 5.54. The third kappa shape index (κ3) is 4.80. The Hall–Kier alpha value is -4.46. The fourth-order valence-corrected chi connectivity index (χ4v) is 3.72. The van der Waals surface area contributed by atoms with Gasteiger partial charge in [0.2, 0.25) is 0 Å². The minimum Gasteiger partial charge on any atom is -0.497 e. The van der Waals surface area contributed by atoms with Crippen LogP contribution in [0, 0.1) is 10.1 Å². The Kier molecular flexibility index (Phi) is 6.68. The van der Waals surface area contributed by atoms with Crippen molar-refractivity contribution < 1.29 is 9.66 Å². The summed E-state index contributed by atoms with van der Waals surface area (Å²) < 4.78 is 6.63. The number of benzene rings is 3. The molecule has 8 nitrogen and oxygen atoms in total. The van der Waals surface area contributed by atoms with Crippen molar-refractivity contribution in [2.24, 2.45) is 4.99 Å². The molecule has 3 aromatic carbocycles. The molecule has 0 saturated carbocycles. The van der Waals surface area contributed by atoms with Crippen molar-refractivity contribution >= 4 is 11.4 Å². The van der Waals surface area contributed by atoms with E-state index in [0.717, 1.165) is 12.0 Å². The lowest BCUT2D eigenvalue weighted by Gasteiger charge is -2.05. The quantitative estimate of drug-likeness (QED) is 0.234. The third-order valence-corrected chi connectivity index (χ3v) is 5.54. The number of nitrogens with one attached hydrogen (secondary N) is 1. The lowest BCUT2D eigenvalue weighted by molar-refractivity contribution is -0.384. The van der Waals surface area contributed by atoms with Crippen LogP contribution in [0.1, 0.15) is 18.1 Å². The number of methoxy groups -OCH3 is 1. The van der Waals surface area contributed by atoms with Gasteiger partial charge in [-0.1, -0.05) is 30.3 Å². The molecule has 4 aromatic rings. The van der Waals surface area contributed by atoms with Gasteiger partial charge in [0.25, 0.3) is 11.2 Å². The molecule has 1 heterocycles. The van der Waals surface area contributed by atoms with E-state index in [-0.39, 0.29) is 11.2 Å². The molecule has 1 aromatic heterocycles. The highest BCUT2D eigenvalue weighted by Gasteiger charge is 2.20. The van der Waals surface area contributed by atoms with E-state index in [4.69, 9.17) is 4.74 Å². The highest BCUT2D eigenvalue weighted by molar-refractivity contribution is 6.03. The second-order valence-electron chi connectivity index (χ2n) is 7.71. The largest absolute Gasteiger partial charge is 0.497 e. The van der Waals surface area contributed by atoms with Gasteiger partial charge < -0.3 is 4.74 Å². The van der Waals surface area contributed by atoms with Crippen molar-refractivity contribution in [1.82, 2.24) is 9.78 Å². The first-order valence-electron chi connectivity index (χ1n) is 10.8. The number of nitro groups is 1. The molecule has 8 heteroatoms. The van der Waals surface area contributed by atoms with Crippen LogP contribution < -0.4 is 10.3 Å². The Bertz CT molecular complexity index is 1370. The van der Waals surface area contributed by atoms with E-state index >= 15 is 0 Å². The van der Waals surface area contributed by atoms with E-state index in [0.29, 0.717) is 35.0 Å². The Morgan fingerprint density at radius 3 is 2.32 bits per heavy atom. The number of nitrogens with zero attached hydrogens (tertiary/aromatic N) is 3. The monoisotopic (exact) mass is 456 g/mol. The Labute approximate surface area is 196 Å². The van der Waals surface area contributed by atoms with Crippen LogP contribution in [0.25, 0.3) is 16.9 Å². The van der Waals surface area contributed by atoms with Crippen molar-refractivity contribution in [3.8, 4) is 22.7 Å². The zero-order valence-electron chi connectivity index (χ0n) is 18.9. The molecule has 0 saturated heterocycles. The predicted molar refractivity (Wildman–Crippen MR) is 132 cm³/mol. The number of rotatable bonds is 8. The Morgan fingerprint density at radius 1 is 1.03 bits per heavy atom. The fourth-order valence-electron chi connectivity index (χ4n) is 3.72. The van der Waals surface area contributed by atoms with Gasteiger partial charge in [-0.2, -0.15) is 0 Å². The minimum absolute atomic E-state index is 0.0439. The smallest absolute Gasteiger partial charge is 0.280 e. The number of nitro benzene ring substituents is 1. The first-order chi connectivity index (χ1) is 16.5. The first-order valence-corrected chi connectivity index (χ1v) is 10.8. The second-order valence-corrected chi connectivity index (χ2v) is 7.71. The van der Waals surface area contributed by atoms with Gasteiger partial charge in [-0.15, -0.1) is 0 Å². The van der Waals surface area contributed by atoms with E-state index in [9.17, 15) is 14.9 Å². The number of hydrogen-bond donors (Lipinski definition) is 1. The summed E-state index contributed by atoms with van der Waals surface area (Å²) in [7, 11) is 1.59. The van der Waals surface area contributed by atoms with Gasteiger partial charge in [0.05, 0.1) is 29.0 Å². The summed E-state index contributed by atoms with van der Waals surface area (Å²) in [5.74, 6) is 0.704. The number of aromatic amines is 1. The zero-order chi connectivity index (χ0) is 24.1. The normalized spacial score (nSPS) is 11.4. The maximum absolute atomic E-state index is 13.5. The van der Waals surface area contributed by atoms with E-state index in [2.05, 4.69) is 10.1 Å². The molecule has 0 aliphatic carbocycles. The van der Waals surface area contributed by atoms with Crippen LogP contribution in [0.3, 0.4) is 0 Å². The number of non-ortho nitro benzene ring substituents is 1. The van der Waals surface area contributed by atoms with Gasteiger partial charge in [0.1, 0.15) is 5.75 Å². The SMILES string of the molecule is COc1ccc(-c2[nH]n(-c3ccc([N+](=O)[O-])cc3)c(=O)c2C(C)=NCCc2ccccc2)cc1. The van der Waals surface area contributed by atoms with Crippen LogP contribution in [-0.4, -0.2) is 34.1 Å². The maximum atomic E-state index is 13.5. The summed E-state index contributed by atoms with van der Waals surface area (Å²) in [5, 5.41) is 14.2. The van der Waals surface area contributed by atoms with Crippen LogP contribution >= 0.6 is 0 Å². The Morgan fingerprint density at radius 2 is 1.71 bits per heavy atom. The molecule has 34 heavy (non-hydrogen) atoms. The number of aliphatic imine (C=N–C) groups is 1. The van der Waals surface area contributed by atoms with Gasteiger partial charge in [-0.3, -0.25) is 25.0 Å². The lowest BCUT2D eigenvalue weighted by atomic mass is 10.0. The molecular formula is C26H24N4O4. The van der Waals surface area contributed by atoms with E-state index in [1.165, 1.54) is 22.4 Å². The number of H-pyrrole nitrogens is 1. The molecule has 0 aliphatic rings. The number of aromatic nitrogens is 2. The molecule has 4 rings (SSSR count). The molecule has 0 atom stereocenters. The molecule has 0 radical (unpaired) electrons. The average Bonchev–Trinajstić information content (AvgIpc) is 3.21. The predicted octanol–water partition coefficient (Wildman–Crippen LogP) is 4.80. The molecule has 0 amide bonds. The number of hydrogen-bond acceptors (Lipinski definition) is 5. The minimum atomic E-state index is -0.473. The van der Waals surface area contributed by atoms with E-state index < -0.39 is 4.92 Å². The van der Waals surface area contributed by atoms with Gasteiger partial charge in [0.15, 0.2) is 0 Å². The molecule has 0 unspecified atom stereocenters. The molecule has 0 bridgehead atoms. The van der Waals surface area contributed by atoms with Crippen LogP contribution in [0.5, 0.6) is 5.75 Å². The molecule has 0 spiro atoms. The summed E-state index contributed by atoms with van der Waals surface area (Å²) in [6.45, 7) is 2.36. The fraction of sp³-hybridized carbons (Fsp3) is 0.154. The molecular weight excluding hydrogens is 432 g/mol. The molecule has 0 fully saturated rings. The molecule has 0 aliphatic heterocycles. The van der Waals surface area contributed by atoms with Gasteiger partial charge in [-0.05, 0) is 55.3 Å². The van der Waals surface area contributed by atoms with Crippen LogP contribution in [0.2, 0.25) is 0 Å². The molecule has 172 valence electrons. The maximum Gasteiger partial charge on any atom is 0.280 e. The van der Waals surface area contributed by atoms with Crippen molar-refractivity contribution in [2.75, 3.05) is 13.7 Å². The van der Waals surface area contributed by atoms with Crippen molar-refractivity contribution in [3.05, 3.63) is 110 Å². The summed E-state index contributed by atoms with van der Waals surface area (Å²) in [6.07, 6.45) is 0.761. The van der Waals surface area contributed by atoms with Gasteiger partial charge in [0, 0.05) is 30.0 Å². The summed E-state index contributed by atoms with van der Waals surface area (Å²) >= 11 is 0. The van der Waals surface area contributed by atoms with E-state index in [1.807, 2.05) is 61.5 Å². The highest BCUT2D eigenvalue weighted by atomic mass is 16.6. The topological polar surface area (TPSA) is 103 Å². The zero-order valence-corrected chi connectivity index (χ0v) is 18.9. The summed E-state index contributed by atoms with van der Waals surface area (Å²) in [6, 6.07) is 23.2. The summed E-state index contributed by atoms with van der Waals surface area (Å²) in [4.78, 5) is 28.7.